The zero-order valence-corrected chi connectivity index (χ0v) is 14.8. The van der Waals surface area contributed by atoms with E-state index < -0.39 is 48.8 Å². The molecule has 0 spiro atoms. The standard InChI is InChI=1S/C4H9F3O2Si.C4H7F3OSi.2Li.H2O/c1-10(8,9)3-2-4(5,6)7;1-9(8)3-2-4(5,6)7;;;/h8-9H,2-3H2,1H3;2-3H2,1H3;;;1H2/q;-2;2*+1;/p-1. The molecule has 0 unspecified atom stereocenters. The van der Waals surface area contributed by atoms with Crippen LogP contribution in [0.5, 0.6) is 0 Å². The van der Waals surface area contributed by atoms with Crippen molar-refractivity contribution in [2.24, 2.45) is 0 Å². The Morgan fingerprint density at radius 3 is 1.36 bits per heavy atom. The van der Waals surface area contributed by atoms with Gasteiger partial charge in [0.15, 0.2) is 0 Å². The fourth-order valence-corrected chi connectivity index (χ4v) is 2.09. The van der Waals surface area contributed by atoms with Crippen molar-refractivity contribution < 1.29 is 83.9 Å². The molecule has 0 aliphatic heterocycles. The topological polar surface area (TPSA) is 93.5 Å². The van der Waals surface area contributed by atoms with Gasteiger partial charge in [-0.25, -0.2) is 12.6 Å². The average molecular weight is 361 g/mol. The Bertz CT molecular complexity index is 234. The monoisotopic (exact) mass is 361 g/mol. The van der Waals surface area contributed by atoms with Gasteiger partial charge in [-0.1, -0.05) is 0 Å². The molecule has 3 N–H and O–H groups in total. The largest absolute Gasteiger partial charge is 1.01 e. The summed E-state index contributed by atoms with van der Waals surface area (Å²) in [5.41, 5.74) is 0. The summed E-state index contributed by atoms with van der Waals surface area (Å²) < 4.78 is 68.0. The second-order valence-corrected chi connectivity index (χ2v) is 8.99. The molecular formula is C8H17F6Li2O4Si2-. The van der Waals surface area contributed by atoms with Crippen molar-refractivity contribution in [2.45, 2.75) is 50.4 Å². The molecule has 0 aromatic carbocycles. The molecule has 0 aliphatic carbocycles. The minimum atomic E-state index is -4.28. The summed E-state index contributed by atoms with van der Waals surface area (Å²) in [6, 6.07) is -0.759. The van der Waals surface area contributed by atoms with E-state index in [1.807, 2.05) is 0 Å². The van der Waals surface area contributed by atoms with Crippen LogP contribution in [0.15, 0.2) is 0 Å². The molecule has 0 aromatic rings. The van der Waals surface area contributed by atoms with Gasteiger partial charge in [-0.05, 0) is 12.6 Å². The fraction of sp³-hybridized carbons (Fsp3) is 1.00. The molecule has 4 nitrogen and oxygen atoms in total. The Kier molecular flexibility index (Phi) is 22.5. The SMILES string of the molecule is C[Si-]([O-])CCC(F)(F)F.C[Si](O)(O)CCC(F)(F)F.[Li+].[Li+].[OH-]. The van der Waals surface area contributed by atoms with Crippen molar-refractivity contribution in [1.29, 1.82) is 0 Å². The molecule has 0 heterocycles. The Labute approximate surface area is 151 Å². The van der Waals surface area contributed by atoms with Crippen LogP contribution in [0.3, 0.4) is 0 Å². The molecule has 0 atom stereocenters. The van der Waals surface area contributed by atoms with Crippen molar-refractivity contribution in [2.75, 3.05) is 0 Å². The Hall–Kier alpha value is 1.05. The van der Waals surface area contributed by atoms with Gasteiger partial charge >= 0.3 is 58.6 Å². The van der Waals surface area contributed by atoms with Gasteiger partial charge in [-0.2, -0.15) is 26.3 Å². The summed E-state index contributed by atoms with van der Waals surface area (Å²) in [4.78, 5) is 27.3. The van der Waals surface area contributed by atoms with E-state index in [4.69, 9.17) is 9.59 Å². The van der Waals surface area contributed by atoms with E-state index in [0.717, 1.165) is 6.55 Å². The predicted molar refractivity (Wildman–Crippen MR) is 60.6 cm³/mol. The third-order valence-electron chi connectivity index (χ3n) is 1.64. The van der Waals surface area contributed by atoms with Crippen molar-refractivity contribution in [3.63, 3.8) is 0 Å². The zero-order chi connectivity index (χ0) is 15.9. The maximum Gasteiger partial charge on any atom is 1.00 e. The van der Waals surface area contributed by atoms with E-state index in [0.29, 0.717) is 0 Å². The maximum absolute atomic E-state index is 11.4. The van der Waals surface area contributed by atoms with Gasteiger partial charge in [0.25, 0.3) is 0 Å². The maximum atomic E-state index is 11.4. The second-order valence-electron chi connectivity index (χ2n) is 4.15. The number of rotatable bonds is 4. The van der Waals surface area contributed by atoms with Crippen LogP contribution < -0.4 is 42.5 Å². The zero-order valence-electron chi connectivity index (χ0n) is 12.8. The van der Waals surface area contributed by atoms with E-state index in [-0.39, 0.29) is 49.2 Å². The van der Waals surface area contributed by atoms with Crippen LogP contribution >= 0.6 is 0 Å². The van der Waals surface area contributed by atoms with E-state index in [1.165, 1.54) is 6.55 Å². The minimum absolute atomic E-state index is 0. The van der Waals surface area contributed by atoms with Gasteiger partial charge in [-0.15, -0.1) is 0 Å². The molecule has 0 bridgehead atoms. The smallest absolute Gasteiger partial charge is 1.00 e. The van der Waals surface area contributed by atoms with Gasteiger partial charge in [0.05, 0.1) is 0 Å². The molecule has 0 radical (unpaired) electrons. The summed E-state index contributed by atoms with van der Waals surface area (Å²) in [7, 11) is -5.42. The summed E-state index contributed by atoms with van der Waals surface area (Å²) in [6.07, 6.45) is -10.4. The molecule has 0 aliphatic rings. The summed E-state index contributed by atoms with van der Waals surface area (Å²) in [5.74, 6) is 0. The molecule has 0 saturated heterocycles. The Balaban J connectivity index is -0.0000000774. The first-order valence-electron chi connectivity index (χ1n) is 5.20. The quantitative estimate of drug-likeness (QED) is 0.392. The first-order valence-corrected chi connectivity index (χ1v) is 9.92. The molecular weight excluding hydrogens is 344 g/mol. The van der Waals surface area contributed by atoms with E-state index in [2.05, 4.69) is 0 Å². The molecule has 14 heteroatoms. The molecule has 22 heavy (non-hydrogen) atoms. The van der Waals surface area contributed by atoms with Gasteiger partial charge in [-0.3, -0.25) is 0 Å². The van der Waals surface area contributed by atoms with Gasteiger partial charge < -0.3 is 28.9 Å². The summed E-state index contributed by atoms with van der Waals surface area (Å²) in [5, 5.41) is 0. The summed E-state index contributed by atoms with van der Waals surface area (Å²) >= 11 is 0. The molecule has 0 rings (SSSR count). The van der Waals surface area contributed by atoms with Crippen LogP contribution in [-0.2, 0) is 0 Å². The first-order chi connectivity index (χ1) is 8.12. The van der Waals surface area contributed by atoms with Gasteiger partial charge in [0, 0.05) is 12.8 Å². The third-order valence-corrected chi connectivity index (χ3v) is 3.79. The van der Waals surface area contributed by atoms with Crippen molar-refractivity contribution in [3.8, 4) is 0 Å². The minimum Gasteiger partial charge on any atom is -1.01 e. The Morgan fingerprint density at radius 2 is 1.27 bits per heavy atom. The van der Waals surface area contributed by atoms with Crippen LogP contribution in [0, 0.1) is 0 Å². The molecule has 0 aromatic heterocycles. The van der Waals surface area contributed by atoms with Crippen LogP contribution in [-0.4, -0.2) is 45.0 Å². The molecule has 0 amide bonds. The number of hydrogen-bond donors (Lipinski definition) is 2. The molecule has 126 valence electrons. The van der Waals surface area contributed by atoms with Crippen molar-refractivity contribution in [1.82, 2.24) is 0 Å². The van der Waals surface area contributed by atoms with Crippen molar-refractivity contribution >= 4 is 17.6 Å². The first kappa shape index (κ1) is 34.4. The molecule has 0 fully saturated rings. The normalized spacial score (nSPS) is 11.5. The van der Waals surface area contributed by atoms with Crippen LogP contribution in [0.4, 0.5) is 26.3 Å². The number of alkyl halides is 6. The fourth-order valence-electron chi connectivity index (χ4n) is 0.696. The van der Waals surface area contributed by atoms with Crippen LogP contribution in [0.2, 0.25) is 25.2 Å². The van der Waals surface area contributed by atoms with Gasteiger partial charge in [0.1, 0.15) is 0 Å². The van der Waals surface area contributed by atoms with E-state index in [1.54, 1.807) is 0 Å². The summed E-state index contributed by atoms with van der Waals surface area (Å²) in [6.45, 7) is 2.38. The number of hydrogen-bond acceptors (Lipinski definition) is 4. The predicted octanol–water partition coefficient (Wildman–Crippen LogP) is -4.25. The molecule has 0 saturated carbocycles. The van der Waals surface area contributed by atoms with Gasteiger partial charge in [0.2, 0.25) is 0 Å². The van der Waals surface area contributed by atoms with Crippen LogP contribution in [0.25, 0.3) is 0 Å². The second kappa shape index (κ2) is 14.4. The van der Waals surface area contributed by atoms with Crippen molar-refractivity contribution in [3.05, 3.63) is 0 Å². The third kappa shape index (κ3) is 42.9. The van der Waals surface area contributed by atoms with E-state index >= 15 is 0 Å². The van der Waals surface area contributed by atoms with Crippen LogP contribution in [0.1, 0.15) is 12.8 Å². The Morgan fingerprint density at radius 1 is 0.955 bits per heavy atom. The average Bonchev–Trinajstić information content (AvgIpc) is 2.10. The number of halogens is 6. The van der Waals surface area contributed by atoms with E-state index in [9.17, 15) is 31.1 Å².